The zero-order valence-electron chi connectivity index (χ0n) is 9.06. The van der Waals surface area contributed by atoms with Gasteiger partial charge in [0, 0.05) is 12.5 Å². The fourth-order valence-electron chi connectivity index (χ4n) is 1.22. The van der Waals surface area contributed by atoms with Gasteiger partial charge < -0.3 is 0 Å². The molecule has 1 atom stereocenters. The second kappa shape index (κ2) is 8.10. The largest absolute Gasteiger partial charge is 0.271 e. The van der Waals surface area contributed by atoms with Crippen molar-refractivity contribution in [2.45, 2.75) is 52.5 Å². The fourth-order valence-corrected chi connectivity index (χ4v) is 1.22. The summed E-state index contributed by atoms with van der Waals surface area (Å²) in [5.41, 5.74) is 2.85. The lowest BCUT2D eigenvalue weighted by Gasteiger charge is -2.15. The van der Waals surface area contributed by atoms with Crippen LogP contribution in [0.5, 0.6) is 0 Å². The lowest BCUT2D eigenvalue weighted by Crippen LogP contribution is -2.35. The van der Waals surface area contributed by atoms with Gasteiger partial charge in [0.25, 0.3) is 0 Å². The first-order valence-electron chi connectivity index (χ1n) is 5.06. The highest BCUT2D eigenvalue weighted by Crippen LogP contribution is 2.09. The topological polar surface area (TPSA) is 38.0 Å². The Kier molecular flexibility index (Phi) is 7.77. The smallest absolute Gasteiger partial charge is 0.0219 e. The molecular weight excluding hydrogens is 160 g/mol. The molecule has 0 saturated heterocycles. The van der Waals surface area contributed by atoms with E-state index in [0.717, 1.165) is 25.2 Å². The average molecular weight is 182 g/mol. The van der Waals surface area contributed by atoms with Gasteiger partial charge in [0.1, 0.15) is 0 Å². The Morgan fingerprint density at radius 3 is 2.38 bits per heavy atom. The molecule has 0 aromatic carbocycles. The van der Waals surface area contributed by atoms with Gasteiger partial charge in [-0.25, -0.2) is 0 Å². The van der Waals surface area contributed by atoms with E-state index in [2.05, 4.69) is 31.1 Å². The van der Waals surface area contributed by atoms with E-state index in [9.17, 15) is 0 Å². The first-order valence-corrected chi connectivity index (χ1v) is 5.06. The molecule has 0 aromatic rings. The van der Waals surface area contributed by atoms with Crippen LogP contribution in [0.2, 0.25) is 0 Å². The summed E-state index contributed by atoms with van der Waals surface area (Å²) in [4.78, 5) is 0. The number of hydrazine groups is 1. The van der Waals surface area contributed by atoms with Crippen molar-refractivity contribution < 1.29 is 0 Å². The van der Waals surface area contributed by atoms with E-state index < -0.39 is 0 Å². The van der Waals surface area contributed by atoms with Crippen molar-refractivity contribution >= 4 is 0 Å². The summed E-state index contributed by atoms with van der Waals surface area (Å²) in [6.45, 7) is 6.35. The van der Waals surface area contributed by atoms with Crippen LogP contribution in [0.3, 0.4) is 0 Å². The third-order valence-corrected chi connectivity index (χ3v) is 2.12. The minimum atomic E-state index is 0.434. The van der Waals surface area contributed by atoms with Crippen molar-refractivity contribution in [3.05, 3.63) is 0 Å². The molecule has 0 rings (SSSR count). The second-order valence-corrected chi connectivity index (χ2v) is 3.80. The molecule has 0 aliphatic heterocycles. The summed E-state index contributed by atoms with van der Waals surface area (Å²) in [5.74, 6) is 12.1. The van der Waals surface area contributed by atoms with Crippen LogP contribution in [0, 0.1) is 17.8 Å². The molecule has 0 radical (unpaired) electrons. The van der Waals surface area contributed by atoms with Crippen LogP contribution >= 0.6 is 0 Å². The van der Waals surface area contributed by atoms with Gasteiger partial charge in [0.05, 0.1) is 0 Å². The quantitative estimate of drug-likeness (QED) is 0.375. The van der Waals surface area contributed by atoms with E-state index in [1.807, 2.05) is 6.92 Å². The predicted octanol–water partition coefficient (Wildman–Crippen LogP) is 2.06. The van der Waals surface area contributed by atoms with Crippen LogP contribution in [0.25, 0.3) is 0 Å². The van der Waals surface area contributed by atoms with Crippen LogP contribution < -0.4 is 11.3 Å². The van der Waals surface area contributed by atoms with Crippen LogP contribution in [0.15, 0.2) is 0 Å². The molecule has 2 heteroatoms. The Labute approximate surface area is 82.2 Å². The Morgan fingerprint density at radius 1 is 1.23 bits per heavy atom. The van der Waals surface area contributed by atoms with Crippen LogP contribution in [-0.4, -0.2) is 6.04 Å². The molecule has 0 heterocycles. The van der Waals surface area contributed by atoms with Crippen molar-refractivity contribution in [2.75, 3.05) is 0 Å². The molecule has 1 unspecified atom stereocenters. The van der Waals surface area contributed by atoms with E-state index in [4.69, 9.17) is 5.84 Å². The number of hydrogen-bond donors (Lipinski definition) is 2. The maximum Gasteiger partial charge on any atom is 0.0219 e. The van der Waals surface area contributed by atoms with Crippen LogP contribution in [-0.2, 0) is 0 Å². The first-order chi connectivity index (χ1) is 6.20. The third kappa shape index (κ3) is 7.83. The van der Waals surface area contributed by atoms with Gasteiger partial charge in [-0.3, -0.25) is 11.3 Å². The van der Waals surface area contributed by atoms with Crippen molar-refractivity contribution in [1.82, 2.24) is 5.43 Å². The Balaban J connectivity index is 3.54. The molecular formula is C11H22N2. The predicted molar refractivity (Wildman–Crippen MR) is 57.9 cm³/mol. The SMILES string of the molecule is CC#CCCC(CCC(C)C)NN. The maximum absolute atomic E-state index is 5.44. The number of nitrogens with one attached hydrogen (secondary N) is 1. The lowest BCUT2D eigenvalue weighted by molar-refractivity contribution is 0.420. The normalized spacial score (nSPS) is 12.4. The Hall–Kier alpha value is -0.520. The minimum absolute atomic E-state index is 0.434. The van der Waals surface area contributed by atoms with E-state index >= 15 is 0 Å². The molecule has 2 nitrogen and oxygen atoms in total. The molecule has 0 spiro atoms. The molecule has 3 N–H and O–H groups in total. The molecule has 0 aliphatic carbocycles. The molecule has 0 aromatic heterocycles. The van der Waals surface area contributed by atoms with Crippen molar-refractivity contribution in [1.29, 1.82) is 0 Å². The number of hydrogen-bond acceptors (Lipinski definition) is 2. The van der Waals surface area contributed by atoms with E-state index in [0.29, 0.717) is 6.04 Å². The van der Waals surface area contributed by atoms with E-state index in [1.165, 1.54) is 6.42 Å². The van der Waals surface area contributed by atoms with Gasteiger partial charge in [-0.2, -0.15) is 0 Å². The molecule has 0 aliphatic rings. The maximum atomic E-state index is 5.44. The molecule has 76 valence electrons. The molecule has 0 saturated carbocycles. The Morgan fingerprint density at radius 2 is 1.92 bits per heavy atom. The lowest BCUT2D eigenvalue weighted by atomic mass is 10.0. The third-order valence-electron chi connectivity index (χ3n) is 2.12. The zero-order valence-corrected chi connectivity index (χ0v) is 9.06. The van der Waals surface area contributed by atoms with E-state index in [-0.39, 0.29) is 0 Å². The van der Waals surface area contributed by atoms with E-state index in [1.54, 1.807) is 0 Å². The van der Waals surface area contributed by atoms with Crippen molar-refractivity contribution in [3.8, 4) is 11.8 Å². The second-order valence-electron chi connectivity index (χ2n) is 3.80. The summed E-state index contributed by atoms with van der Waals surface area (Å²) >= 11 is 0. The minimum Gasteiger partial charge on any atom is -0.271 e. The Bertz CT molecular complexity index is 165. The molecule has 0 fully saturated rings. The number of rotatable bonds is 6. The van der Waals surface area contributed by atoms with Gasteiger partial charge in [0.15, 0.2) is 0 Å². The van der Waals surface area contributed by atoms with Gasteiger partial charge in [-0.05, 0) is 32.1 Å². The fraction of sp³-hybridized carbons (Fsp3) is 0.818. The van der Waals surface area contributed by atoms with Crippen LogP contribution in [0.4, 0.5) is 0 Å². The molecule has 13 heavy (non-hydrogen) atoms. The van der Waals surface area contributed by atoms with Gasteiger partial charge in [-0.1, -0.05) is 13.8 Å². The molecule has 0 amide bonds. The average Bonchev–Trinajstić information content (AvgIpc) is 2.10. The highest BCUT2D eigenvalue weighted by atomic mass is 15.2. The van der Waals surface area contributed by atoms with Gasteiger partial charge in [-0.15, -0.1) is 11.8 Å². The first kappa shape index (κ1) is 12.5. The van der Waals surface area contributed by atoms with Crippen LogP contribution in [0.1, 0.15) is 46.5 Å². The highest BCUT2D eigenvalue weighted by Gasteiger charge is 2.05. The highest BCUT2D eigenvalue weighted by molar-refractivity contribution is 4.95. The van der Waals surface area contributed by atoms with Gasteiger partial charge >= 0.3 is 0 Å². The summed E-state index contributed by atoms with van der Waals surface area (Å²) in [6.07, 6.45) is 4.39. The summed E-state index contributed by atoms with van der Waals surface area (Å²) in [6, 6.07) is 0.434. The zero-order chi connectivity index (χ0) is 10.1. The van der Waals surface area contributed by atoms with Crippen molar-refractivity contribution in [3.63, 3.8) is 0 Å². The van der Waals surface area contributed by atoms with Gasteiger partial charge in [0.2, 0.25) is 0 Å². The van der Waals surface area contributed by atoms with Crippen molar-refractivity contribution in [2.24, 2.45) is 11.8 Å². The summed E-state index contributed by atoms with van der Waals surface area (Å²) in [5, 5.41) is 0. The summed E-state index contributed by atoms with van der Waals surface area (Å²) in [7, 11) is 0. The monoisotopic (exact) mass is 182 g/mol. The molecule has 0 bridgehead atoms. The standard InChI is InChI=1S/C11H22N2/c1-4-5-6-7-11(13-12)9-8-10(2)3/h10-11,13H,6-9,12H2,1-3H3. The summed E-state index contributed by atoms with van der Waals surface area (Å²) < 4.78 is 0. The number of nitrogens with two attached hydrogens (primary N) is 1.